The maximum absolute atomic E-state index is 14.0. The van der Waals surface area contributed by atoms with E-state index in [9.17, 15) is 22.4 Å². The number of hydrogen-bond donors (Lipinski definition) is 2. The van der Waals surface area contributed by atoms with E-state index < -0.39 is 17.6 Å². The molecule has 4 rings (SSSR count). The summed E-state index contributed by atoms with van der Waals surface area (Å²) in [5.74, 6) is -1.09. The number of aromatic amines is 1. The van der Waals surface area contributed by atoms with Gasteiger partial charge in [-0.05, 0) is 42.5 Å². The summed E-state index contributed by atoms with van der Waals surface area (Å²) in [5.41, 5.74) is 2.50. The summed E-state index contributed by atoms with van der Waals surface area (Å²) in [5, 5.41) is 2.78. The largest absolute Gasteiger partial charge is 0.416 e. The number of benzene rings is 1. The fraction of sp³-hybridized carbons (Fsp3) is 0.143. The predicted octanol–water partition coefficient (Wildman–Crippen LogP) is 4.69. The lowest BCUT2D eigenvalue weighted by molar-refractivity contribution is -0.137. The van der Waals surface area contributed by atoms with E-state index in [1.807, 2.05) is 0 Å². The normalized spacial score (nSPS) is 14.1. The zero-order valence-electron chi connectivity index (χ0n) is 15.0. The first-order valence-electron chi connectivity index (χ1n) is 8.82. The summed E-state index contributed by atoms with van der Waals surface area (Å²) in [6.07, 6.45) is 0.578. The number of rotatable bonds is 3. The number of aromatic nitrogens is 2. The number of hydrogen-bond acceptors (Lipinski definition) is 2. The summed E-state index contributed by atoms with van der Waals surface area (Å²) >= 11 is 0. The van der Waals surface area contributed by atoms with Gasteiger partial charge in [-0.25, -0.2) is 4.39 Å². The first-order chi connectivity index (χ1) is 13.8. The molecule has 0 atom stereocenters. The highest BCUT2D eigenvalue weighted by molar-refractivity contribution is 5.97. The number of fused-ring (bicyclic) bond motifs is 1. The number of nitrogens with one attached hydrogen (secondary N) is 2. The average Bonchev–Trinajstić information content (AvgIpc) is 3.12. The third-order valence-electron chi connectivity index (χ3n) is 4.66. The van der Waals surface area contributed by atoms with E-state index in [1.54, 1.807) is 24.4 Å². The maximum Gasteiger partial charge on any atom is 0.416 e. The number of halogens is 4. The van der Waals surface area contributed by atoms with E-state index in [4.69, 9.17) is 0 Å². The van der Waals surface area contributed by atoms with Crippen LogP contribution in [0.1, 0.15) is 32.9 Å². The van der Waals surface area contributed by atoms with E-state index >= 15 is 0 Å². The molecule has 1 aliphatic heterocycles. The molecule has 1 aromatic carbocycles. The standard InChI is InChI=1S/C21H15F4N3O/c22-17-10-14(21(23,24)25)3-1-12(17)2-4-15-9-13(5-7-26-15)19-11-16-18(28-19)6-8-27-20(16)29/h1-5,7,9-11,28H,6,8H2,(H,27,29)/b4-2+. The van der Waals surface area contributed by atoms with Gasteiger partial charge in [0, 0.05) is 41.7 Å². The van der Waals surface area contributed by atoms with Crippen molar-refractivity contribution in [2.45, 2.75) is 12.6 Å². The van der Waals surface area contributed by atoms with Crippen LogP contribution in [0.2, 0.25) is 0 Å². The van der Waals surface area contributed by atoms with Crippen molar-refractivity contribution in [2.75, 3.05) is 6.54 Å². The van der Waals surface area contributed by atoms with Gasteiger partial charge >= 0.3 is 6.18 Å². The highest BCUT2D eigenvalue weighted by atomic mass is 19.4. The molecule has 0 saturated carbocycles. The molecule has 0 aliphatic carbocycles. The molecule has 0 unspecified atom stereocenters. The van der Waals surface area contributed by atoms with Crippen LogP contribution in [0.3, 0.4) is 0 Å². The van der Waals surface area contributed by atoms with E-state index in [2.05, 4.69) is 15.3 Å². The van der Waals surface area contributed by atoms with Crippen LogP contribution in [0.4, 0.5) is 17.6 Å². The van der Waals surface area contributed by atoms with Crippen LogP contribution in [0, 0.1) is 5.82 Å². The third-order valence-corrected chi connectivity index (χ3v) is 4.66. The number of carbonyl (C=O) groups excluding carboxylic acids is 1. The first kappa shape index (κ1) is 18.9. The molecule has 0 bridgehead atoms. The van der Waals surface area contributed by atoms with Crippen LogP contribution < -0.4 is 5.32 Å². The van der Waals surface area contributed by atoms with Gasteiger partial charge in [-0.15, -0.1) is 0 Å². The van der Waals surface area contributed by atoms with Crippen molar-refractivity contribution in [3.05, 3.63) is 76.5 Å². The molecule has 29 heavy (non-hydrogen) atoms. The summed E-state index contributed by atoms with van der Waals surface area (Å²) in [7, 11) is 0. The molecule has 0 spiro atoms. The second-order valence-electron chi connectivity index (χ2n) is 6.62. The van der Waals surface area contributed by atoms with Gasteiger partial charge in [0.2, 0.25) is 0 Å². The minimum atomic E-state index is -4.59. The Morgan fingerprint density at radius 2 is 1.90 bits per heavy atom. The summed E-state index contributed by atoms with van der Waals surface area (Å²) in [6.45, 7) is 0.578. The van der Waals surface area contributed by atoms with Crippen molar-refractivity contribution in [2.24, 2.45) is 0 Å². The number of H-pyrrole nitrogens is 1. The number of pyridine rings is 1. The summed E-state index contributed by atoms with van der Waals surface area (Å²) in [6, 6.07) is 7.66. The zero-order valence-corrected chi connectivity index (χ0v) is 15.0. The number of alkyl halides is 3. The van der Waals surface area contributed by atoms with E-state index in [-0.39, 0.29) is 11.5 Å². The second kappa shape index (κ2) is 7.20. The number of carbonyl (C=O) groups is 1. The molecule has 0 fully saturated rings. The lowest BCUT2D eigenvalue weighted by Crippen LogP contribution is -2.31. The van der Waals surface area contributed by atoms with Crippen LogP contribution in [0.25, 0.3) is 23.4 Å². The Kier molecular flexibility index (Phi) is 4.70. The van der Waals surface area contributed by atoms with Crippen LogP contribution in [0.15, 0.2) is 42.6 Å². The molecule has 4 nitrogen and oxygen atoms in total. The molecular formula is C21H15F4N3O. The highest BCUT2D eigenvalue weighted by Crippen LogP contribution is 2.30. The van der Waals surface area contributed by atoms with Gasteiger partial charge in [-0.2, -0.15) is 13.2 Å². The Morgan fingerprint density at radius 3 is 2.62 bits per heavy atom. The minimum Gasteiger partial charge on any atom is -0.358 e. The molecule has 0 saturated heterocycles. The monoisotopic (exact) mass is 401 g/mol. The Morgan fingerprint density at radius 1 is 1.07 bits per heavy atom. The van der Waals surface area contributed by atoms with Gasteiger partial charge in [0.25, 0.3) is 5.91 Å². The van der Waals surface area contributed by atoms with Crippen LogP contribution >= 0.6 is 0 Å². The van der Waals surface area contributed by atoms with Crippen molar-refractivity contribution in [1.82, 2.24) is 15.3 Å². The molecule has 0 radical (unpaired) electrons. The van der Waals surface area contributed by atoms with Crippen molar-refractivity contribution < 1.29 is 22.4 Å². The quantitative estimate of drug-likeness (QED) is 0.626. The smallest absolute Gasteiger partial charge is 0.358 e. The molecular weight excluding hydrogens is 386 g/mol. The molecule has 2 aromatic heterocycles. The second-order valence-corrected chi connectivity index (χ2v) is 6.62. The Balaban J connectivity index is 1.59. The zero-order chi connectivity index (χ0) is 20.6. The van der Waals surface area contributed by atoms with Crippen molar-refractivity contribution in [3.63, 3.8) is 0 Å². The Bertz CT molecular complexity index is 1120. The molecule has 3 heterocycles. The van der Waals surface area contributed by atoms with Gasteiger partial charge < -0.3 is 10.3 Å². The van der Waals surface area contributed by atoms with E-state index in [0.717, 1.165) is 29.1 Å². The lowest BCUT2D eigenvalue weighted by atomic mass is 10.1. The SMILES string of the molecule is O=C1NCCc2[nH]c(-c3ccnc(/C=C/c4ccc(C(F)(F)F)cc4F)c3)cc21. The third kappa shape index (κ3) is 3.91. The minimum absolute atomic E-state index is 0.0252. The van der Waals surface area contributed by atoms with Crippen molar-refractivity contribution in [1.29, 1.82) is 0 Å². The van der Waals surface area contributed by atoms with Gasteiger partial charge in [0.1, 0.15) is 5.82 Å². The predicted molar refractivity (Wildman–Crippen MR) is 100 cm³/mol. The van der Waals surface area contributed by atoms with Crippen molar-refractivity contribution >= 4 is 18.1 Å². The highest BCUT2D eigenvalue weighted by Gasteiger charge is 2.31. The molecule has 1 amide bonds. The van der Waals surface area contributed by atoms with Crippen LogP contribution in [-0.2, 0) is 12.6 Å². The number of nitrogens with zero attached hydrogens (tertiary/aromatic N) is 1. The lowest BCUT2D eigenvalue weighted by Gasteiger charge is -2.10. The molecule has 1 aliphatic rings. The molecule has 148 valence electrons. The van der Waals surface area contributed by atoms with Gasteiger partial charge in [0.15, 0.2) is 0 Å². The number of amides is 1. The van der Waals surface area contributed by atoms with Crippen LogP contribution in [-0.4, -0.2) is 22.4 Å². The molecule has 3 aromatic rings. The molecule has 2 N–H and O–H groups in total. The summed E-state index contributed by atoms with van der Waals surface area (Å²) in [4.78, 5) is 19.3. The maximum atomic E-state index is 14.0. The fourth-order valence-electron chi connectivity index (χ4n) is 3.17. The Labute approximate surface area is 163 Å². The summed E-state index contributed by atoms with van der Waals surface area (Å²) < 4.78 is 51.9. The van der Waals surface area contributed by atoms with Crippen LogP contribution in [0.5, 0.6) is 0 Å². The fourth-order valence-corrected chi connectivity index (χ4v) is 3.17. The average molecular weight is 401 g/mol. The van der Waals surface area contributed by atoms with Crippen molar-refractivity contribution in [3.8, 4) is 11.3 Å². The Hall–Kier alpha value is -3.42. The van der Waals surface area contributed by atoms with Gasteiger partial charge in [0.05, 0.1) is 16.8 Å². The van der Waals surface area contributed by atoms with E-state index in [1.165, 1.54) is 12.2 Å². The van der Waals surface area contributed by atoms with Gasteiger partial charge in [-0.3, -0.25) is 9.78 Å². The van der Waals surface area contributed by atoms with Gasteiger partial charge in [-0.1, -0.05) is 6.07 Å². The molecule has 8 heteroatoms. The first-order valence-corrected chi connectivity index (χ1v) is 8.82. The van der Waals surface area contributed by atoms with E-state index in [0.29, 0.717) is 30.3 Å². The topological polar surface area (TPSA) is 57.8 Å².